The molecule has 0 radical (unpaired) electrons. The minimum absolute atomic E-state index is 0.0236. The van der Waals surface area contributed by atoms with Gasteiger partial charge in [-0.3, -0.25) is 13.9 Å². The second kappa shape index (κ2) is 12.9. The monoisotopic (exact) mass is 559 g/mol. The number of amides is 2. The number of nitrogens with zero attached hydrogens (tertiary/aromatic N) is 2. The summed E-state index contributed by atoms with van der Waals surface area (Å²) in [6.07, 6.45) is 0.317. The highest BCUT2D eigenvalue weighted by atomic mass is 35.5. The van der Waals surface area contributed by atoms with E-state index in [0.717, 1.165) is 27.6 Å². The minimum Gasteiger partial charge on any atom is -0.355 e. The molecule has 0 saturated carbocycles. The zero-order chi connectivity index (χ0) is 27.9. The topological polar surface area (TPSA) is 86.8 Å². The molecule has 0 spiro atoms. The lowest BCUT2D eigenvalue weighted by molar-refractivity contribution is -0.140. The predicted octanol–water partition coefficient (Wildman–Crippen LogP) is 4.93. The molecule has 0 aromatic heterocycles. The van der Waals surface area contributed by atoms with Gasteiger partial charge in [0.05, 0.1) is 15.6 Å². The van der Waals surface area contributed by atoms with Crippen molar-refractivity contribution in [1.82, 2.24) is 10.2 Å². The van der Waals surface area contributed by atoms with Crippen LogP contribution in [0.3, 0.4) is 0 Å². The number of hydrogen-bond donors (Lipinski definition) is 1. The van der Waals surface area contributed by atoms with E-state index in [1.165, 1.54) is 23.1 Å². The second-order valence-corrected chi connectivity index (χ2v) is 11.0. The number of nitrogens with one attached hydrogen (secondary N) is 1. The van der Waals surface area contributed by atoms with Gasteiger partial charge in [-0.05, 0) is 61.7 Å². The quantitative estimate of drug-likeness (QED) is 0.361. The number of anilines is 1. The van der Waals surface area contributed by atoms with Gasteiger partial charge in [-0.2, -0.15) is 0 Å². The summed E-state index contributed by atoms with van der Waals surface area (Å²) < 4.78 is 42.3. The third-order valence-electron chi connectivity index (χ3n) is 6.14. The first-order chi connectivity index (χ1) is 18.1. The molecule has 7 nitrogen and oxygen atoms in total. The first-order valence-electron chi connectivity index (χ1n) is 12.2. The van der Waals surface area contributed by atoms with Crippen LogP contribution < -0.4 is 9.62 Å². The fourth-order valence-electron chi connectivity index (χ4n) is 4.07. The Morgan fingerprint density at radius 1 is 1.00 bits per heavy atom. The normalized spacial score (nSPS) is 12.0. The summed E-state index contributed by atoms with van der Waals surface area (Å²) >= 11 is 5.98. The van der Waals surface area contributed by atoms with Gasteiger partial charge in [0, 0.05) is 13.1 Å². The van der Waals surface area contributed by atoms with Crippen molar-refractivity contribution < 1.29 is 22.4 Å². The smallest absolute Gasteiger partial charge is 0.264 e. The summed E-state index contributed by atoms with van der Waals surface area (Å²) in [5.74, 6) is -1.65. The van der Waals surface area contributed by atoms with Gasteiger partial charge in [-0.25, -0.2) is 12.8 Å². The number of halogens is 2. The molecule has 3 aromatic rings. The summed E-state index contributed by atoms with van der Waals surface area (Å²) in [5.41, 5.74) is 1.77. The number of sulfonamides is 1. The Balaban J connectivity index is 2.08. The highest BCUT2D eigenvalue weighted by Gasteiger charge is 2.33. The molecule has 0 fully saturated rings. The van der Waals surface area contributed by atoms with Crippen LogP contribution in [-0.4, -0.2) is 44.3 Å². The molecule has 2 amide bonds. The van der Waals surface area contributed by atoms with Crippen molar-refractivity contribution in [1.29, 1.82) is 0 Å². The van der Waals surface area contributed by atoms with Crippen molar-refractivity contribution in [3.8, 4) is 0 Å². The zero-order valence-electron chi connectivity index (χ0n) is 21.5. The summed E-state index contributed by atoms with van der Waals surface area (Å²) in [6, 6.07) is 17.7. The maximum Gasteiger partial charge on any atom is 0.264 e. The van der Waals surface area contributed by atoms with Crippen molar-refractivity contribution in [2.24, 2.45) is 0 Å². The van der Waals surface area contributed by atoms with E-state index in [0.29, 0.717) is 13.0 Å². The number of rotatable bonds is 11. The molecule has 202 valence electrons. The third kappa shape index (κ3) is 6.71. The molecule has 0 aliphatic heterocycles. The number of hydrogen-bond acceptors (Lipinski definition) is 4. The summed E-state index contributed by atoms with van der Waals surface area (Å²) in [4.78, 5) is 28.2. The highest BCUT2D eigenvalue weighted by Crippen LogP contribution is 2.28. The molecule has 0 aliphatic rings. The van der Waals surface area contributed by atoms with E-state index in [4.69, 9.17) is 11.6 Å². The van der Waals surface area contributed by atoms with Crippen LogP contribution in [0.2, 0.25) is 5.02 Å². The molecule has 3 rings (SSSR count). The number of carbonyl (C=O) groups is 2. The molecule has 0 heterocycles. The van der Waals surface area contributed by atoms with Crippen LogP contribution in [0, 0.1) is 12.7 Å². The molecule has 10 heteroatoms. The summed E-state index contributed by atoms with van der Waals surface area (Å²) in [7, 11) is -4.25. The van der Waals surface area contributed by atoms with Crippen LogP contribution in [-0.2, 0) is 26.2 Å². The van der Waals surface area contributed by atoms with Gasteiger partial charge in [0.1, 0.15) is 18.4 Å². The predicted molar refractivity (Wildman–Crippen MR) is 147 cm³/mol. The van der Waals surface area contributed by atoms with Gasteiger partial charge in [-0.15, -0.1) is 0 Å². The van der Waals surface area contributed by atoms with E-state index in [2.05, 4.69) is 5.32 Å². The third-order valence-corrected chi connectivity index (χ3v) is 8.22. The fourth-order valence-corrected chi connectivity index (χ4v) is 5.67. The van der Waals surface area contributed by atoms with Gasteiger partial charge in [-0.1, -0.05) is 61.0 Å². The van der Waals surface area contributed by atoms with Gasteiger partial charge in [0.2, 0.25) is 11.8 Å². The zero-order valence-corrected chi connectivity index (χ0v) is 23.1. The van der Waals surface area contributed by atoms with E-state index in [1.807, 2.05) is 31.2 Å². The largest absolute Gasteiger partial charge is 0.355 e. The highest BCUT2D eigenvalue weighted by molar-refractivity contribution is 7.92. The average molecular weight is 560 g/mol. The average Bonchev–Trinajstić information content (AvgIpc) is 2.90. The van der Waals surface area contributed by atoms with E-state index < -0.39 is 34.3 Å². The lowest BCUT2D eigenvalue weighted by Crippen LogP contribution is -2.52. The van der Waals surface area contributed by atoms with Crippen molar-refractivity contribution in [3.05, 3.63) is 94.8 Å². The first-order valence-corrected chi connectivity index (χ1v) is 14.1. The lowest BCUT2D eigenvalue weighted by atomic mass is 10.1. The number of aryl methyl sites for hydroxylation is 1. The van der Waals surface area contributed by atoms with Crippen LogP contribution in [0.25, 0.3) is 0 Å². The summed E-state index contributed by atoms with van der Waals surface area (Å²) in [6.45, 7) is 5.33. The standard InChI is InChI=1S/C28H31ClFN3O4S/c1-4-26(28(35)31-5-2)32(18-21-12-10-9-11-20(21)3)27(34)19-33(22-15-16-25(30)24(29)17-22)38(36,37)23-13-7-6-8-14-23/h6-17,26H,4-5,18-19H2,1-3H3,(H,31,35)/t26-/m0/s1. The number of benzene rings is 3. The Hall–Kier alpha value is -3.43. The molecule has 0 saturated heterocycles. The Bertz CT molecular complexity index is 1390. The van der Waals surface area contributed by atoms with Crippen LogP contribution in [0.15, 0.2) is 77.7 Å². The molecule has 0 aliphatic carbocycles. The van der Waals surface area contributed by atoms with Gasteiger partial charge < -0.3 is 10.2 Å². The van der Waals surface area contributed by atoms with Gasteiger partial charge in [0.25, 0.3) is 10.0 Å². The van der Waals surface area contributed by atoms with Gasteiger partial charge in [0.15, 0.2) is 0 Å². The SMILES string of the molecule is CCNC(=O)[C@H](CC)N(Cc1ccccc1C)C(=O)CN(c1ccc(F)c(Cl)c1)S(=O)(=O)c1ccccc1. The van der Waals surface area contributed by atoms with Crippen LogP contribution in [0.5, 0.6) is 0 Å². The van der Waals surface area contributed by atoms with Crippen LogP contribution >= 0.6 is 11.6 Å². The maximum atomic E-state index is 13.9. The molecule has 1 atom stereocenters. The van der Waals surface area contributed by atoms with E-state index in [-0.39, 0.29) is 28.1 Å². The van der Waals surface area contributed by atoms with E-state index in [1.54, 1.807) is 32.0 Å². The van der Waals surface area contributed by atoms with Crippen LogP contribution in [0.1, 0.15) is 31.4 Å². The van der Waals surface area contributed by atoms with Crippen LogP contribution in [0.4, 0.5) is 10.1 Å². The van der Waals surface area contributed by atoms with Crippen molar-refractivity contribution in [2.75, 3.05) is 17.4 Å². The molecule has 0 unspecified atom stereocenters. The number of carbonyl (C=O) groups excluding carboxylic acids is 2. The molecular weight excluding hydrogens is 529 g/mol. The first kappa shape index (κ1) is 29.1. The molecule has 38 heavy (non-hydrogen) atoms. The number of likely N-dealkylation sites (N-methyl/N-ethyl adjacent to an activating group) is 1. The van der Waals surface area contributed by atoms with Crippen molar-refractivity contribution >= 4 is 39.1 Å². The van der Waals surface area contributed by atoms with Crippen molar-refractivity contribution in [2.45, 2.75) is 44.7 Å². The minimum atomic E-state index is -4.25. The van der Waals surface area contributed by atoms with Gasteiger partial charge >= 0.3 is 0 Å². The molecule has 3 aromatic carbocycles. The summed E-state index contributed by atoms with van der Waals surface area (Å²) in [5, 5.41) is 2.48. The molecule has 0 bridgehead atoms. The molecular formula is C28H31ClFN3O4S. The maximum absolute atomic E-state index is 13.9. The molecule has 1 N–H and O–H groups in total. The fraction of sp³-hybridized carbons (Fsp3) is 0.286. The van der Waals surface area contributed by atoms with E-state index >= 15 is 0 Å². The van der Waals surface area contributed by atoms with E-state index in [9.17, 15) is 22.4 Å². The second-order valence-electron chi connectivity index (χ2n) is 8.69. The lowest BCUT2D eigenvalue weighted by Gasteiger charge is -2.33. The van der Waals surface area contributed by atoms with Crippen molar-refractivity contribution in [3.63, 3.8) is 0 Å². The Morgan fingerprint density at radius 2 is 1.66 bits per heavy atom. The Labute approximate surface area is 228 Å². The Kier molecular flexibility index (Phi) is 9.88. The Morgan fingerprint density at radius 3 is 2.26 bits per heavy atom.